The summed E-state index contributed by atoms with van der Waals surface area (Å²) in [7, 11) is 0. The molecule has 0 bridgehead atoms. The molecular weight excluding hydrogens is 182 g/mol. The first-order chi connectivity index (χ1) is 6.66. The highest BCUT2D eigenvalue weighted by atomic mass is 16.3. The molecule has 2 unspecified atom stereocenters. The van der Waals surface area contributed by atoms with Gasteiger partial charge >= 0.3 is 0 Å². The lowest BCUT2D eigenvalue weighted by Crippen LogP contribution is -2.22. The molecule has 14 heavy (non-hydrogen) atoms. The van der Waals surface area contributed by atoms with Crippen LogP contribution in [0.2, 0.25) is 0 Å². The summed E-state index contributed by atoms with van der Waals surface area (Å²) >= 11 is 0. The van der Waals surface area contributed by atoms with E-state index in [1.807, 2.05) is 11.8 Å². The Morgan fingerprint density at radius 2 is 2.00 bits per heavy atom. The Balaban J connectivity index is 2.17. The molecule has 1 aliphatic rings. The van der Waals surface area contributed by atoms with E-state index in [1.165, 1.54) is 0 Å². The Labute approximate surface area is 82.0 Å². The number of nitrogens with zero attached hydrogens (tertiary/aromatic N) is 3. The SMILES string of the molecule is Cc1nccc(N2CC(O)C(O)C2)n1. The average molecular weight is 195 g/mol. The van der Waals surface area contributed by atoms with Crippen LogP contribution < -0.4 is 4.90 Å². The van der Waals surface area contributed by atoms with Gasteiger partial charge in [-0.15, -0.1) is 0 Å². The lowest BCUT2D eigenvalue weighted by Gasteiger charge is -2.15. The first-order valence-corrected chi connectivity index (χ1v) is 4.57. The van der Waals surface area contributed by atoms with Crippen molar-refractivity contribution in [2.24, 2.45) is 0 Å². The highest BCUT2D eigenvalue weighted by Crippen LogP contribution is 2.17. The van der Waals surface area contributed by atoms with E-state index in [4.69, 9.17) is 0 Å². The Kier molecular flexibility index (Phi) is 2.35. The standard InChI is InChI=1S/C9H13N3O2/c1-6-10-3-2-9(11-6)12-4-7(13)8(14)5-12/h2-3,7-8,13-14H,4-5H2,1H3. The summed E-state index contributed by atoms with van der Waals surface area (Å²) in [4.78, 5) is 10.1. The molecule has 0 aliphatic carbocycles. The summed E-state index contributed by atoms with van der Waals surface area (Å²) in [5.74, 6) is 1.45. The number of β-amino-alcohol motifs (C(OH)–C–C–N with tert-alkyl or cyclic N) is 2. The van der Waals surface area contributed by atoms with Gasteiger partial charge in [0.1, 0.15) is 11.6 Å². The van der Waals surface area contributed by atoms with Gasteiger partial charge < -0.3 is 15.1 Å². The molecule has 1 fully saturated rings. The Morgan fingerprint density at radius 3 is 2.57 bits per heavy atom. The van der Waals surface area contributed by atoms with Gasteiger partial charge in [0.25, 0.3) is 0 Å². The zero-order valence-corrected chi connectivity index (χ0v) is 7.96. The molecule has 2 N–H and O–H groups in total. The molecule has 0 radical (unpaired) electrons. The molecule has 76 valence electrons. The highest BCUT2D eigenvalue weighted by Gasteiger charge is 2.30. The number of anilines is 1. The van der Waals surface area contributed by atoms with Gasteiger partial charge in [-0.2, -0.15) is 0 Å². The van der Waals surface area contributed by atoms with Gasteiger partial charge in [0.05, 0.1) is 12.2 Å². The van der Waals surface area contributed by atoms with Crippen molar-refractivity contribution in [3.05, 3.63) is 18.1 Å². The van der Waals surface area contributed by atoms with Gasteiger partial charge in [0, 0.05) is 19.3 Å². The van der Waals surface area contributed by atoms with Gasteiger partial charge in [0.15, 0.2) is 0 Å². The lowest BCUT2D eigenvalue weighted by atomic mass is 10.3. The van der Waals surface area contributed by atoms with Crippen molar-refractivity contribution in [2.45, 2.75) is 19.1 Å². The van der Waals surface area contributed by atoms with Crippen LogP contribution in [-0.4, -0.2) is 45.5 Å². The van der Waals surface area contributed by atoms with Gasteiger partial charge in [-0.3, -0.25) is 0 Å². The predicted octanol–water partition coefficient (Wildman–Crippen LogP) is -0.673. The number of aryl methyl sites for hydroxylation is 1. The quantitative estimate of drug-likeness (QED) is 0.621. The molecule has 2 heterocycles. The summed E-state index contributed by atoms with van der Waals surface area (Å²) < 4.78 is 0. The van der Waals surface area contributed by atoms with Crippen LogP contribution in [0.15, 0.2) is 12.3 Å². The Morgan fingerprint density at radius 1 is 1.36 bits per heavy atom. The van der Waals surface area contributed by atoms with Crippen LogP contribution in [0, 0.1) is 6.92 Å². The number of rotatable bonds is 1. The summed E-state index contributed by atoms with van der Waals surface area (Å²) in [5.41, 5.74) is 0. The van der Waals surface area contributed by atoms with E-state index in [-0.39, 0.29) is 0 Å². The normalized spacial score (nSPS) is 26.9. The maximum Gasteiger partial charge on any atom is 0.132 e. The van der Waals surface area contributed by atoms with Gasteiger partial charge in [-0.1, -0.05) is 0 Å². The minimum Gasteiger partial charge on any atom is -0.389 e. The van der Waals surface area contributed by atoms with Gasteiger partial charge in [0.2, 0.25) is 0 Å². The molecule has 2 atom stereocenters. The number of hydrogen-bond acceptors (Lipinski definition) is 5. The van der Waals surface area contributed by atoms with Crippen LogP contribution in [0.5, 0.6) is 0 Å². The molecule has 0 spiro atoms. The Hall–Kier alpha value is -1.20. The fourth-order valence-corrected chi connectivity index (χ4v) is 1.58. The van der Waals surface area contributed by atoms with E-state index >= 15 is 0 Å². The average Bonchev–Trinajstić information content (AvgIpc) is 2.47. The Bertz CT molecular complexity index is 322. The maximum absolute atomic E-state index is 9.36. The van der Waals surface area contributed by atoms with Crippen LogP contribution in [0.1, 0.15) is 5.82 Å². The maximum atomic E-state index is 9.36. The smallest absolute Gasteiger partial charge is 0.132 e. The van der Waals surface area contributed by atoms with Crippen LogP contribution in [-0.2, 0) is 0 Å². The van der Waals surface area contributed by atoms with Crippen LogP contribution >= 0.6 is 0 Å². The third kappa shape index (κ3) is 1.69. The van der Waals surface area contributed by atoms with E-state index in [0.717, 1.165) is 5.82 Å². The zero-order chi connectivity index (χ0) is 10.1. The van der Waals surface area contributed by atoms with Crippen molar-refractivity contribution in [2.75, 3.05) is 18.0 Å². The van der Waals surface area contributed by atoms with Gasteiger partial charge in [-0.05, 0) is 13.0 Å². The van der Waals surface area contributed by atoms with Gasteiger partial charge in [-0.25, -0.2) is 9.97 Å². The molecule has 1 aliphatic heterocycles. The van der Waals surface area contributed by atoms with Crippen LogP contribution in [0.3, 0.4) is 0 Å². The van der Waals surface area contributed by atoms with Crippen molar-refractivity contribution in [3.8, 4) is 0 Å². The van der Waals surface area contributed by atoms with E-state index in [1.54, 1.807) is 12.3 Å². The minimum atomic E-state index is -0.676. The molecule has 1 saturated heterocycles. The summed E-state index contributed by atoms with van der Waals surface area (Å²) in [6.45, 7) is 2.67. The molecule has 0 aromatic carbocycles. The monoisotopic (exact) mass is 195 g/mol. The van der Waals surface area contributed by atoms with E-state index in [2.05, 4.69) is 9.97 Å². The fraction of sp³-hybridized carbons (Fsp3) is 0.556. The molecule has 0 saturated carbocycles. The molecule has 1 aromatic rings. The zero-order valence-electron chi connectivity index (χ0n) is 7.96. The second-order valence-electron chi connectivity index (χ2n) is 3.50. The predicted molar refractivity (Wildman–Crippen MR) is 51.0 cm³/mol. The molecule has 2 rings (SSSR count). The van der Waals surface area contributed by atoms with Crippen molar-refractivity contribution in [3.63, 3.8) is 0 Å². The summed E-state index contributed by atoms with van der Waals surface area (Å²) in [5, 5.41) is 18.7. The van der Waals surface area contributed by atoms with E-state index < -0.39 is 12.2 Å². The fourth-order valence-electron chi connectivity index (χ4n) is 1.58. The number of aliphatic hydroxyl groups is 2. The number of aliphatic hydroxyl groups excluding tert-OH is 2. The highest BCUT2D eigenvalue weighted by molar-refractivity contribution is 5.39. The van der Waals surface area contributed by atoms with E-state index in [9.17, 15) is 10.2 Å². The number of aromatic nitrogens is 2. The molecule has 0 amide bonds. The summed E-state index contributed by atoms with van der Waals surface area (Å²) in [6, 6.07) is 1.78. The molecule has 5 nitrogen and oxygen atoms in total. The van der Waals surface area contributed by atoms with Crippen molar-refractivity contribution in [1.82, 2.24) is 9.97 Å². The first kappa shape index (κ1) is 9.36. The van der Waals surface area contributed by atoms with Crippen LogP contribution in [0.4, 0.5) is 5.82 Å². The topological polar surface area (TPSA) is 69.5 Å². The third-order valence-electron chi connectivity index (χ3n) is 2.34. The minimum absolute atomic E-state index is 0.428. The molecular formula is C9H13N3O2. The lowest BCUT2D eigenvalue weighted by molar-refractivity contribution is 0.0572. The van der Waals surface area contributed by atoms with Crippen molar-refractivity contribution < 1.29 is 10.2 Å². The van der Waals surface area contributed by atoms with Crippen molar-refractivity contribution in [1.29, 1.82) is 0 Å². The van der Waals surface area contributed by atoms with Crippen LogP contribution in [0.25, 0.3) is 0 Å². The second kappa shape index (κ2) is 3.51. The summed E-state index contributed by atoms with van der Waals surface area (Å²) in [6.07, 6.45) is 0.324. The number of hydrogen-bond donors (Lipinski definition) is 2. The molecule has 5 heteroatoms. The van der Waals surface area contributed by atoms with E-state index in [0.29, 0.717) is 18.9 Å². The first-order valence-electron chi connectivity index (χ1n) is 4.57. The second-order valence-corrected chi connectivity index (χ2v) is 3.50. The largest absolute Gasteiger partial charge is 0.389 e. The molecule has 1 aromatic heterocycles. The van der Waals surface area contributed by atoms with Crippen molar-refractivity contribution >= 4 is 5.82 Å². The third-order valence-corrected chi connectivity index (χ3v) is 2.34.